The topological polar surface area (TPSA) is 46.2 Å². The second-order valence-electron chi connectivity index (χ2n) is 3.52. The molecule has 3 heteroatoms. The fourth-order valence-corrected chi connectivity index (χ4v) is 1.43. The Morgan fingerprint density at radius 1 is 0.765 bits per heavy atom. The second-order valence-corrected chi connectivity index (χ2v) is 3.52. The van der Waals surface area contributed by atoms with Gasteiger partial charge in [-0.3, -0.25) is 9.59 Å². The highest BCUT2D eigenvalue weighted by Gasteiger charge is 2.15. The lowest BCUT2D eigenvalue weighted by Crippen LogP contribution is -2.22. The van der Waals surface area contributed by atoms with Crippen LogP contribution in [0.1, 0.15) is 10.4 Å². The van der Waals surface area contributed by atoms with Crippen molar-refractivity contribution in [3.05, 3.63) is 66.2 Å². The van der Waals surface area contributed by atoms with Crippen LogP contribution in [-0.4, -0.2) is 11.7 Å². The van der Waals surface area contributed by atoms with Crippen molar-refractivity contribution in [2.75, 3.05) is 5.32 Å². The molecule has 0 aromatic heterocycles. The van der Waals surface area contributed by atoms with Crippen molar-refractivity contribution in [1.29, 1.82) is 0 Å². The van der Waals surface area contributed by atoms with E-state index in [4.69, 9.17) is 0 Å². The summed E-state index contributed by atoms with van der Waals surface area (Å²) in [5, 5.41) is 2.55. The number of para-hydroxylation sites is 1. The largest absolute Gasteiger partial charge is 0.319 e. The fourth-order valence-electron chi connectivity index (χ4n) is 1.43. The van der Waals surface area contributed by atoms with Gasteiger partial charge in [-0.1, -0.05) is 48.5 Å². The lowest BCUT2D eigenvalue weighted by atomic mass is 10.1. The molecule has 0 bridgehead atoms. The summed E-state index contributed by atoms with van der Waals surface area (Å²) in [6.45, 7) is 0. The standard InChI is InChI=1S/C14H11NO2/c16-13(11-7-3-1-4-8-11)14(17)15-12-9-5-2-6-10-12/h1-10H,(H,15,17). The fraction of sp³-hybridized carbons (Fsp3) is 0. The lowest BCUT2D eigenvalue weighted by molar-refractivity contribution is -0.112. The molecule has 0 aliphatic rings. The predicted octanol–water partition coefficient (Wildman–Crippen LogP) is 2.51. The molecule has 0 aliphatic carbocycles. The minimum atomic E-state index is -0.623. The first-order valence-corrected chi connectivity index (χ1v) is 5.23. The number of anilines is 1. The zero-order chi connectivity index (χ0) is 12.1. The second kappa shape index (κ2) is 5.07. The van der Waals surface area contributed by atoms with Crippen LogP contribution in [0.2, 0.25) is 0 Å². The molecule has 2 aromatic rings. The van der Waals surface area contributed by atoms with Crippen molar-refractivity contribution < 1.29 is 9.59 Å². The monoisotopic (exact) mass is 225 g/mol. The number of carbonyl (C=O) groups is 2. The SMILES string of the molecule is O=C(Nc1ccccc1)C(=O)c1ccccc1. The van der Waals surface area contributed by atoms with E-state index in [1.54, 1.807) is 54.6 Å². The zero-order valence-corrected chi connectivity index (χ0v) is 9.09. The van der Waals surface area contributed by atoms with Crippen molar-refractivity contribution in [2.45, 2.75) is 0 Å². The molecular formula is C14H11NO2. The Balaban J connectivity index is 2.09. The molecule has 84 valence electrons. The minimum absolute atomic E-state index is 0.390. The molecule has 0 aliphatic heterocycles. The average molecular weight is 225 g/mol. The minimum Gasteiger partial charge on any atom is -0.319 e. The van der Waals surface area contributed by atoms with Crippen LogP contribution in [-0.2, 0) is 4.79 Å². The third-order valence-corrected chi connectivity index (χ3v) is 2.27. The summed E-state index contributed by atoms with van der Waals surface area (Å²) in [4.78, 5) is 23.4. The summed E-state index contributed by atoms with van der Waals surface area (Å²) >= 11 is 0. The molecule has 2 aromatic carbocycles. The Morgan fingerprint density at radius 3 is 1.88 bits per heavy atom. The molecule has 0 heterocycles. The normalized spacial score (nSPS) is 9.65. The molecule has 2 rings (SSSR count). The Hall–Kier alpha value is -2.42. The highest BCUT2D eigenvalue weighted by molar-refractivity contribution is 6.46. The quantitative estimate of drug-likeness (QED) is 0.644. The molecule has 0 atom stereocenters. The van der Waals surface area contributed by atoms with E-state index in [0.29, 0.717) is 11.3 Å². The average Bonchev–Trinajstić information content (AvgIpc) is 2.40. The number of hydrogen-bond donors (Lipinski definition) is 1. The molecule has 0 fully saturated rings. The van der Waals surface area contributed by atoms with Gasteiger partial charge >= 0.3 is 0 Å². The van der Waals surface area contributed by atoms with Crippen molar-refractivity contribution in [3.63, 3.8) is 0 Å². The summed E-state index contributed by atoms with van der Waals surface area (Å²) < 4.78 is 0. The van der Waals surface area contributed by atoms with Gasteiger partial charge in [-0.15, -0.1) is 0 Å². The molecule has 0 unspecified atom stereocenters. The van der Waals surface area contributed by atoms with E-state index in [1.807, 2.05) is 6.07 Å². The van der Waals surface area contributed by atoms with E-state index in [9.17, 15) is 9.59 Å². The van der Waals surface area contributed by atoms with Gasteiger partial charge in [0, 0.05) is 11.3 Å². The summed E-state index contributed by atoms with van der Waals surface area (Å²) in [5.74, 6) is -1.16. The number of Topliss-reactive ketones (excluding diaryl/α,β-unsaturated/α-hetero) is 1. The van der Waals surface area contributed by atoms with Gasteiger partial charge in [-0.25, -0.2) is 0 Å². The molecule has 0 saturated carbocycles. The maximum absolute atomic E-state index is 11.7. The number of amides is 1. The van der Waals surface area contributed by atoms with Gasteiger partial charge in [-0.2, -0.15) is 0 Å². The lowest BCUT2D eigenvalue weighted by Gasteiger charge is -2.03. The Bertz CT molecular complexity index is 520. The Kier molecular flexibility index (Phi) is 3.31. The molecule has 1 N–H and O–H groups in total. The first kappa shape index (κ1) is 11.1. The van der Waals surface area contributed by atoms with Gasteiger partial charge in [0.25, 0.3) is 11.7 Å². The van der Waals surface area contributed by atoms with Gasteiger partial charge in [0.15, 0.2) is 0 Å². The maximum atomic E-state index is 11.7. The van der Waals surface area contributed by atoms with E-state index in [1.165, 1.54) is 0 Å². The van der Waals surface area contributed by atoms with Gasteiger partial charge in [0.05, 0.1) is 0 Å². The number of nitrogens with one attached hydrogen (secondary N) is 1. The Labute approximate surface area is 99.1 Å². The number of carbonyl (C=O) groups excluding carboxylic acids is 2. The Morgan fingerprint density at radius 2 is 1.29 bits per heavy atom. The van der Waals surface area contributed by atoms with Gasteiger partial charge < -0.3 is 5.32 Å². The highest BCUT2D eigenvalue weighted by atomic mass is 16.2. The molecular weight excluding hydrogens is 214 g/mol. The number of ketones is 1. The number of benzene rings is 2. The smallest absolute Gasteiger partial charge is 0.296 e. The van der Waals surface area contributed by atoms with Crippen LogP contribution in [0, 0.1) is 0 Å². The number of hydrogen-bond acceptors (Lipinski definition) is 2. The van der Waals surface area contributed by atoms with Crippen LogP contribution in [0.5, 0.6) is 0 Å². The summed E-state index contributed by atoms with van der Waals surface area (Å²) in [6, 6.07) is 17.4. The van der Waals surface area contributed by atoms with Crippen molar-refractivity contribution in [1.82, 2.24) is 0 Å². The first-order valence-electron chi connectivity index (χ1n) is 5.23. The van der Waals surface area contributed by atoms with E-state index in [0.717, 1.165) is 0 Å². The van der Waals surface area contributed by atoms with Crippen LogP contribution in [0.3, 0.4) is 0 Å². The summed E-state index contributed by atoms with van der Waals surface area (Å²) in [7, 11) is 0. The number of rotatable bonds is 3. The third kappa shape index (κ3) is 2.78. The molecule has 1 amide bonds. The molecule has 17 heavy (non-hydrogen) atoms. The van der Waals surface area contributed by atoms with Crippen molar-refractivity contribution in [2.24, 2.45) is 0 Å². The molecule has 0 spiro atoms. The van der Waals surface area contributed by atoms with Gasteiger partial charge in [0.1, 0.15) is 0 Å². The highest BCUT2D eigenvalue weighted by Crippen LogP contribution is 2.07. The van der Waals surface area contributed by atoms with E-state index >= 15 is 0 Å². The van der Waals surface area contributed by atoms with Crippen molar-refractivity contribution >= 4 is 17.4 Å². The van der Waals surface area contributed by atoms with Crippen LogP contribution in [0.4, 0.5) is 5.69 Å². The van der Waals surface area contributed by atoms with Crippen molar-refractivity contribution in [3.8, 4) is 0 Å². The molecule has 0 radical (unpaired) electrons. The zero-order valence-electron chi connectivity index (χ0n) is 9.09. The van der Waals surface area contributed by atoms with Crippen LogP contribution < -0.4 is 5.32 Å². The van der Waals surface area contributed by atoms with Crippen LogP contribution in [0.15, 0.2) is 60.7 Å². The van der Waals surface area contributed by atoms with Gasteiger partial charge in [-0.05, 0) is 12.1 Å². The predicted molar refractivity (Wildman–Crippen MR) is 65.8 cm³/mol. The molecule has 0 saturated heterocycles. The summed E-state index contributed by atoms with van der Waals surface area (Å²) in [5.41, 5.74) is 1.00. The van der Waals surface area contributed by atoms with Crippen LogP contribution in [0.25, 0.3) is 0 Å². The first-order chi connectivity index (χ1) is 8.27. The van der Waals surface area contributed by atoms with Gasteiger partial charge in [0.2, 0.25) is 0 Å². The van der Waals surface area contributed by atoms with Crippen LogP contribution >= 0.6 is 0 Å². The third-order valence-electron chi connectivity index (χ3n) is 2.27. The summed E-state index contributed by atoms with van der Waals surface area (Å²) in [6.07, 6.45) is 0. The van der Waals surface area contributed by atoms with E-state index in [2.05, 4.69) is 5.32 Å². The molecule has 3 nitrogen and oxygen atoms in total. The maximum Gasteiger partial charge on any atom is 0.296 e. The van der Waals surface area contributed by atoms with E-state index < -0.39 is 11.7 Å². The van der Waals surface area contributed by atoms with E-state index in [-0.39, 0.29) is 0 Å².